The number of Topliss-reactive ketones (excluding diaryl/α,β-unsaturated/α-hetero) is 1. The second kappa shape index (κ2) is 28.4. The summed E-state index contributed by atoms with van der Waals surface area (Å²) in [4.78, 5) is 95.2. The standard InChI is InChI=1S/C51H81N9O9/c1-11-33(9)54-50(68)44(30(5)6)59-43(62)28-53-45(63)40(26-35-19-15-31(7)16-20-35)57-48(66)41(27-36-21-17-32(8)18-22-36)58-47(65)39(25-34(10)61)56-46(64)38(12-2)55-49(67)42-14-13-23-60(42)51(69)37(52)24-29(3)4/h15-22,29-30,33,37-42,44-45,48,53,57,63,66H,11-14,23-28,52H2,1-10H3,(H,54,68)(H,55,67)(H,56,64)(H,58,65)(H,59,62)/t33-,37+,38+,39+,40+,41+,42+,44?,45+,48-/m1/s1. The molecule has 69 heavy (non-hydrogen) atoms. The Hall–Kier alpha value is -5.27. The number of amides is 6. The topological polar surface area (TPSA) is 273 Å². The number of nitrogens with two attached hydrogens (primary N) is 1. The van der Waals surface area contributed by atoms with E-state index in [0.717, 1.165) is 22.3 Å². The Balaban J connectivity index is 1.85. The van der Waals surface area contributed by atoms with Gasteiger partial charge < -0.3 is 47.4 Å². The van der Waals surface area contributed by atoms with Crippen molar-refractivity contribution >= 4 is 41.2 Å². The number of aliphatic hydroxyl groups is 2. The molecular formula is C51H81N9O9. The molecule has 18 heteroatoms. The summed E-state index contributed by atoms with van der Waals surface area (Å²) in [7, 11) is 0. The van der Waals surface area contributed by atoms with E-state index in [4.69, 9.17) is 5.73 Å². The molecule has 0 bridgehead atoms. The van der Waals surface area contributed by atoms with Crippen molar-refractivity contribution in [3.8, 4) is 0 Å². The molecule has 1 aliphatic rings. The molecule has 1 unspecified atom stereocenters. The lowest BCUT2D eigenvalue weighted by Crippen LogP contribution is -2.62. The Kier molecular flexibility index (Phi) is 23.9. The zero-order valence-corrected chi connectivity index (χ0v) is 42.4. The average molecular weight is 964 g/mol. The number of ketones is 1. The van der Waals surface area contributed by atoms with Crippen molar-refractivity contribution in [2.75, 3.05) is 13.1 Å². The first kappa shape index (κ1) is 58.0. The molecule has 0 aromatic heterocycles. The van der Waals surface area contributed by atoms with Crippen LogP contribution < -0.4 is 43.0 Å². The van der Waals surface area contributed by atoms with E-state index in [1.165, 1.54) is 11.8 Å². The first-order valence-electron chi connectivity index (χ1n) is 24.6. The van der Waals surface area contributed by atoms with Crippen LogP contribution in [0.25, 0.3) is 0 Å². The van der Waals surface area contributed by atoms with Gasteiger partial charge in [0.05, 0.1) is 24.7 Å². The number of carbonyl (C=O) groups is 7. The maximum Gasteiger partial charge on any atom is 0.243 e. The van der Waals surface area contributed by atoms with Crippen molar-refractivity contribution in [1.82, 2.24) is 42.1 Å². The van der Waals surface area contributed by atoms with E-state index in [-0.39, 0.29) is 55.5 Å². The predicted molar refractivity (Wildman–Crippen MR) is 265 cm³/mol. The molecular weight excluding hydrogens is 883 g/mol. The summed E-state index contributed by atoms with van der Waals surface area (Å²) in [6.45, 7) is 18.2. The van der Waals surface area contributed by atoms with Gasteiger partial charge in [0.25, 0.3) is 0 Å². The van der Waals surface area contributed by atoms with Crippen LogP contribution in [0.4, 0.5) is 0 Å². The zero-order chi connectivity index (χ0) is 51.5. The summed E-state index contributed by atoms with van der Waals surface area (Å²) in [5.74, 6) is -3.68. The van der Waals surface area contributed by atoms with Gasteiger partial charge in [-0.2, -0.15) is 0 Å². The second-order valence-corrected chi connectivity index (χ2v) is 19.5. The highest BCUT2D eigenvalue weighted by Crippen LogP contribution is 2.21. The maximum atomic E-state index is 14.3. The Bertz CT molecular complexity index is 2000. The van der Waals surface area contributed by atoms with Gasteiger partial charge in [-0.05, 0) is 95.6 Å². The molecule has 0 saturated carbocycles. The van der Waals surface area contributed by atoms with Crippen LogP contribution in [0, 0.1) is 25.7 Å². The molecule has 0 aliphatic carbocycles. The van der Waals surface area contributed by atoms with Crippen LogP contribution in [0.3, 0.4) is 0 Å². The quantitative estimate of drug-likeness (QED) is 0.0545. The number of benzene rings is 2. The van der Waals surface area contributed by atoms with Crippen LogP contribution in [0.15, 0.2) is 48.5 Å². The van der Waals surface area contributed by atoms with E-state index in [1.54, 1.807) is 6.92 Å². The largest absolute Gasteiger partial charge is 0.377 e. The van der Waals surface area contributed by atoms with E-state index < -0.39 is 90.6 Å². The first-order valence-corrected chi connectivity index (χ1v) is 24.6. The highest BCUT2D eigenvalue weighted by molar-refractivity contribution is 5.96. The summed E-state index contributed by atoms with van der Waals surface area (Å²) >= 11 is 0. The highest BCUT2D eigenvalue weighted by Gasteiger charge is 2.38. The molecule has 2 aromatic rings. The number of aryl methyl sites for hydroxylation is 2. The molecule has 18 nitrogen and oxygen atoms in total. The molecule has 2 aromatic carbocycles. The molecule has 1 aliphatic heterocycles. The SMILES string of the molecule is CC[C@@H](C)NC(=O)C(NC(=O)CN[C@@H](O)[C@H](Cc1ccc(C)cc1)N[C@H](O)[C@H](Cc1ccc(C)cc1)NC(=O)[C@H](CC(C)=O)NC(=O)[C@H](CC)NC(=O)[C@@H]1CCCN1C(=O)[C@@H](N)CC(C)C)C(C)C. The van der Waals surface area contributed by atoms with Crippen LogP contribution in [-0.2, 0) is 46.4 Å². The van der Waals surface area contributed by atoms with Gasteiger partial charge >= 0.3 is 0 Å². The van der Waals surface area contributed by atoms with E-state index in [0.29, 0.717) is 32.2 Å². The number of aliphatic hydroxyl groups excluding tert-OH is 2. The Morgan fingerprint density at radius 3 is 1.80 bits per heavy atom. The fourth-order valence-electron chi connectivity index (χ4n) is 8.13. The van der Waals surface area contributed by atoms with Crippen molar-refractivity contribution < 1.29 is 43.8 Å². The van der Waals surface area contributed by atoms with Crippen molar-refractivity contribution in [2.45, 2.75) is 181 Å². The molecule has 0 spiro atoms. The average Bonchev–Trinajstić information content (AvgIpc) is 3.79. The number of carbonyl (C=O) groups excluding carboxylic acids is 7. The van der Waals surface area contributed by atoms with Crippen LogP contribution in [0.1, 0.15) is 116 Å². The summed E-state index contributed by atoms with van der Waals surface area (Å²) in [6, 6.07) is 7.90. The number of hydrogen-bond donors (Lipinski definition) is 10. The molecule has 10 atom stereocenters. The minimum Gasteiger partial charge on any atom is -0.377 e. The van der Waals surface area contributed by atoms with Crippen molar-refractivity contribution in [3.63, 3.8) is 0 Å². The molecule has 0 radical (unpaired) electrons. The number of nitrogens with one attached hydrogen (secondary N) is 7. The maximum absolute atomic E-state index is 14.3. The zero-order valence-electron chi connectivity index (χ0n) is 42.4. The van der Waals surface area contributed by atoms with Crippen LogP contribution >= 0.6 is 0 Å². The number of hydrogen-bond acceptors (Lipinski definition) is 12. The highest BCUT2D eigenvalue weighted by atomic mass is 16.3. The minimum atomic E-state index is -1.55. The van der Waals surface area contributed by atoms with Gasteiger partial charge in [-0.1, -0.05) is 101 Å². The van der Waals surface area contributed by atoms with Gasteiger partial charge in [-0.25, -0.2) is 0 Å². The third kappa shape index (κ3) is 19.2. The lowest BCUT2D eigenvalue weighted by Gasteiger charge is -2.33. The number of nitrogens with zero attached hydrogens (tertiary/aromatic N) is 1. The Labute approximate surface area is 408 Å². The molecule has 384 valence electrons. The predicted octanol–water partition coefficient (Wildman–Crippen LogP) is 1.54. The molecule has 3 rings (SSSR count). The van der Waals surface area contributed by atoms with Crippen molar-refractivity contribution in [1.29, 1.82) is 0 Å². The Morgan fingerprint density at radius 1 is 0.710 bits per heavy atom. The fourth-order valence-corrected chi connectivity index (χ4v) is 8.13. The lowest BCUT2D eigenvalue weighted by molar-refractivity contribution is -0.140. The third-order valence-corrected chi connectivity index (χ3v) is 12.4. The third-order valence-electron chi connectivity index (χ3n) is 12.4. The smallest absolute Gasteiger partial charge is 0.243 e. The summed E-state index contributed by atoms with van der Waals surface area (Å²) in [6.07, 6.45) is -0.876. The second-order valence-electron chi connectivity index (χ2n) is 19.5. The molecule has 1 saturated heterocycles. The van der Waals surface area contributed by atoms with E-state index in [9.17, 15) is 43.8 Å². The molecule has 11 N–H and O–H groups in total. The van der Waals surface area contributed by atoms with E-state index in [1.807, 2.05) is 104 Å². The summed E-state index contributed by atoms with van der Waals surface area (Å²) in [5.41, 5.74) is 9.70. The monoisotopic (exact) mass is 964 g/mol. The van der Waals surface area contributed by atoms with Crippen LogP contribution in [0.5, 0.6) is 0 Å². The van der Waals surface area contributed by atoms with Gasteiger partial charge in [0.15, 0.2) is 0 Å². The first-order chi connectivity index (χ1) is 32.5. The fraction of sp³-hybridized carbons (Fsp3) is 0.627. The van der Waals surface area contributed by atoms with Gasteiger partial charge in [0.2, 0.25) is 35.4 Å². The van der Waals surface area contributed by atoms with Gasteiger partial charge in [-0.3, -0.25) is 44.2 Å². The lowest BCUT2D eigenvalue weighted by atomic mass is 9.99. The number of likely N-dealkylation sites (tertiary alicyclic amines) is 1. The van der Waals surface area contributed by atoms with E-state index in [2.05, 4.69) is 37.2 Å². The van der Waals surface area contributed by atoms with Gasteiger partial charge in [-0.15, -0.1) is 0 Å². The molecule has 6 amide bonds. The minimum absolute atomic E-state index is 0.0739. The van der Waals surface area contributed by atoms with Gasteiger partial charge in [0, 0.05) is 19.0 Å². The van der Waals surface area contributed by atoms with Crippen LogP contribution in [-0.4, -0.2) is 130 Å². The Morgan fingerprint density at radius 2 is 1.28 bits per heavy atom. The van der Waals surface area contributed by atoms with Crippen LogP contribution in [0.2, 0.25) is 0 Å². The van der Waals surface area contributed by atoms with Crippen molar-refractivity contribution in [3.05, 3.63) is 70.8 Å². The van der Waals surface area contributed by atoms with E-state index >= 15 is 0 Å². The van der Waals surface area contributed by atoms with Gasteiger partial charge in [0.1, 0.15) is 42.4 Å². The normalized spacial score (nSPS) is 17.7. The summed E-state index contributed by atoms with van der Waals surface area (Å²) in [5, 5.41) is 43.4. The molecule has 1 fully saturated rings. The summed E-state index contributed by atoms with van der Waals surface area (Å²) < 4.78 is 0. The molecule has 1 heterocycles. The van der Waals surface area contributed by atoms with Crippen molar-refractivity contribution in [2.24, 2.45) is 17.6 Å². The number of rotatable bonds is 28.